The van der Waals surface area contributed by atoms with Gasteiger partial charge >= 0.3 is 0 Å². The zero-order valence-electron chi connectivity index (χ0n) is 16.1. The van der Waals surface area contributed by atoms with E-state index in [0.29, 0.717) is 12.5 Å². The quantitative estimate of drug-likeness (QED) is 0.831. The molecule has 1 aromatic rings. The van der Waals surface area contributed by atoms with Crippen LogP contribution in [0, 0.1) is 5.92 Å². The summed E-state index contributed by atoms with van der Waals surface area (Å²) in [6.45, 7) is 4.80. The first-order valence-electron chi connectivity index (χ1n) is 9.70. The first-order valence-corrected chi connectivity index (χ1v) is 9.70. The maximum Gasteiger partial charge on any atom is 0.225 e. The van der Waals surface area contributed by atoms with Crippen LogP contribution < -0.4 is 15.4 Å². The van der Waals surface area contributed by atoms with Gasteiger partial charge in [-0.15, -0.1) is 0 Å². The number of nitrogens with two attached hydrogens (primary N) is 1. The van der Waals surface area contributed by atoms with Crippen LogP contribution in [0.4, 0.5) is 5.69 Å². The van der Waals surface area contributed by atoms with Gasteiger partial charge in [0.1, 0.15) is 12.4 Å². The Balaban J connectivity index is 1.55. The van der Waals surface area contributed by atoms with Crippen molar-refractivity contribution in [1.29, 1.82) is 0 Å². The molecular formula is C20H32N4O2. The minimum atomic E-state index is 0.137. The molecule has 2 N–H and O–H groups in total. The number of likely N-dealkylation sites (N-methyl/N-ethyl adjacent to an activating group) is 1. The molecule has 1 aliphatic carbocycles. The van der Waals surface area contributed by atoms with Gasteiger partial charge in [-0.1, -0.05) is 12.1 Å². The van der Waals surface area contributed by atoms with Crippen molar-refractivity contribution in [3.63, 3.8) is 0 Å². The fraction of sp³-hybridized carbons (Fsp3) is 0.650. The highest BCUT2D eigenvalue weighted by Gasteiger charge is 2.32. The van der Waals surface area contributed by atoms with Crippen LogP contribution >= 0.6 is 0 Å². The van der Waals surface area contributed by atoms with Crippen LogP contribution in [0.15, 0.2) is 24.3 Å². The van der Waals surface area contributed by atoms with E-state index in [1.54, 1.807) is 0 Å². The number of rotatable bonds is 6. The molecule has 1 amide bonds. The standard InChI is InChI=1S/C20H32N4O2/c1-22(2)13-14-26-19-6-4-3-5-18(19)23-9-11-24(12-10-23)20(25)16-7-8-17(21)15-16/h3-6,16-17H,7-15,21H2,1-2H3. The molecule has 0 spiro atoms. The Hall–Kier alpha value is -1.79. The Morgan fingerprint density at radius 1 is 1.19 bits per heavy atom. The molecule has 2 atom stereocenters. The van der Waals surface area contributed by atoms with Crippen molar-refractivity contribution < 1.29 is 9.53 Å². The summed E-state index contributed by atoms with van der Waals surface area (Å²) in [4.78, 5) is 19.1. The lowest BCUT2D eigenvalue weighted by atomic mass is 10.1. The van der Waals surface area contributed by atoms with E-state index < -0.39 is 0 Å². The van der Waals surface area contributed by atoms with E-state index in [9.17, 15) is 4.79 Å². The predicted molar refractivity (Wildman–Crippen MR) is 105 cm³/mol. The molecule has 1 aliphatic heterocycles. The van der Waals surface area contributed by atoms with Gasteiger partial charge in [-0.05, 0) is 45.5 Å². The Bertz CT molecular complexity index is 599. The van der Waals surface area contributed by atoms with Crippen LogP contribution in [0.1, 0.15) is 19.3 Å². The Morgan fingerprint density at radius 3 is 2.58 bits per heavy atom. The maximum absolute atomic E-state index is 12.7. The number of nitrogens with zero attached hydrogens (tertiary/aromatic N) is 3. The second-order valence-corrected chi connectivity index (χ2v) is 7.70. The molecule has 144 valence electrons. The molecule has 2 fully saturated rings. The number of carbonyl (C=O) groups is 1. The van der Waals surface area contributed by atoms with Crippen LogP contribution in [0.3, 0.4) is 0 Å². The highest BCUT2D eigenvalue weighted by atomic mass is 16.5. The van der Waals surface area contributed by atoms with Gasteiger partial charge in [-0.3, -0.25) is 4.79 Å². The number of anilines is 1. The SMILES string of the molecule is CN(C)CCOc1ccccc1N1CCN(C(=O)C2CCC(N)C2)CC1. The van der Waals surface area contributed by atoms with Crippen molar-refractivity contribution in [2.75, 3.05) is 58.3 Å². The van der Waals surface area contributed by atoms with E-state index in [2.05, 4.69) is 15.9 Å². The van der Waals surface area contributed by atoms with Crippen LogP contribution in [0.25, 0.3) is 0 Å². The van der Waals surface area contributed by atoms with Crippen molar-refractivity contribution >= 4 is 11.6 Å². The van der Waals surface area contributed by atoms with E-state index in [1.807, 2.05) is 37.2 Å². The Morgan fingerprint density at radius 2 is 1.92 bits per heavy atom. The molecule has 2 unspecified atom stereocenters. The number of hydrogen-bond acceptors (Lipinski definition) is 5. The molecule has 6 heteroatoms. The van der Waals surface area contributed by atoms with Crippen molar-refractivity contribution in [1.82, 2.24) is 9.80 Å². The summed E-state index contributed by atoms with van der Waals surface area (Å²) in [7, 11) is 4.09. The Labute approximate surface area is 156 Å². The van der Waals surface area contributed by atoms with Crippen molar-refractivity contribution in [2.24, 2.45) is 11.7 Å². The predicted octanol–water partition coefficient (Wildman–Crippen LogP) is 1.40. The molecule has 2 aliphatic rings. The zero-order valence-corrected chi connectivity index (χ0v) is 16.1. The van der Waals surface area contributed by atoms with Gasteiger partial charge in [-0.25, -0.2) is 0 Å². The molecular weight excluding hydrogens is 328 g/mol. The summed E-state index contributed by atoms with van der Waals surface area (Å²) in [5.41, 5.74) is 7.10. The van der Waals surface area contributed by atoms with E-state index in [4.69, 9.17) is 10.5 Å². The number of hydrogen-bond donors (Lipinski definition) is 1. The fourth-order valence-corrected chi connectivity index (χ4v) is 3.85. The summed E-state index contributed by atoms with van der Waals surface area (Å²) in [6.07, 6.45) is 2.78. The van der Waals surface area contributed by atoms with Crippen molar-refractivity contribution in [3.8, 4) is 5.75 Å². The molecule has 3 rings (SSSR count). The minimum Gasteiger partial charge on any atom is -0.490 e. The molecule has 0 aromatic heterocycles. The first kappa shape index (κ1) is 19.0. The molecule has 26 heavy (non-hydrogen) atoms. The fourth-order valence-electron chi connectivity index (χ4n) is 3.85. The number of amides is 1. The largest absolute Gasteiger partial charge is 0.490 e. The second kappa shape index (κ2) is 8.73. The molecule has 1 saturated heterocycles. The monoisotopic (exact) mass is 360 g/mol. The minimum absolute atomic E-state index is 0.137. The highest BCUT2D eigenvalue weighted by Crippen LogP contribution is 2.30. The molecule has 0 radical (unpaired) electrons. The lowest BCUT2D eigenvalue weighted by Gasteiger charge is -2.37. The number of ether oxygens (including phenoxy) is 1. The van der Waals surface area contributed by atoms with Crippen LogP contribution in [0.2, 0.25) is 0 Å². The van der Waals surface area contributed by atoms with E-state index >= 15 is 0 Å². The van der Waals surface area contributed by atoms with Gasteiger partial charge in [0.25, 0.3) is 0 Å². The smallest absolute Gasteiger partial charge is 0.225 e. The van der Waals surface area contributed by atoms with Gasteiger partial charge in [-0.2, -0.15) is 0 Å². The Kier molecular flexibility index (Phi) is 6.38. The van der Waals surface area contributed by atoms with Crippen molar-refractivity contribution in [2.45, 2.75) is 25.3 Å². The molecule has 0 bridgehead atoms. The van der Waals surface area contributed by atoms with Gasteiger partial charge in [0.2, 0.25) is 5.91 Å². The molecule has 1 heterocycles. The summed E-state index contributed by atoms with van der Waals surface area (Å²) in [5.74, 6) is 1.36. The zero-order chi connectivity index (χ0) is 18.5. The lowest BCUT2D eigenvalue weighted by molar-refractivity contribution is -0.135. The summed E-state index contributed by atoms with van der Waals surface area (Å²) < 4.78 is 5.99. The normalized spacial score (nSPS) is 23.5. The summed E-state index contributed by atoms with van der Waals surface area (Å²) in [6, 6.07) is 8.40. The van der Waals surface area contributed by atoms with Crippen LogP contribution in [-0.4, -0.2) is 75.2 Å². The third kappa shape index (κ3) is 4.68. The number of para-hydroxylation sites is 2. The van der Waals surface area contributed by atoms with E-state index in [1.165, 1.54) is 0 Å². The second-order valence-electron chi connectivity index (χ2n) is 7.70. The molecule has 1 saturated carbocycles. The first-order chi connectivity index (χ1) is 12.5. The summed E-state index contributed by atoms with van der Waals surface area (Å²) >= 11 is 0. The average Bonchev–Trinajstić information content (AvgIpc) is 3.08. The number of carbonyl (C=O) groups excluding carboxylic acids is 1. The summed E-state index contributed by atoms with van der Waals surface area (Å²) in [5, 5.41) is 0. The third-order valence-electron chi connectivity index (χ3n) is 5.42. The lowest BCUT2D eigenvalue weighted by Crippen LogP contribution is -2.50. The molecule has 1 aromatic carbocycles. The highest BCUT2D eigenvalue weighted by molar-refractivity contribution is 5.79. The maximum atomic E-state index is 12.7. The number of benzene rings is 1. The molecule has 6 nitrogen and oxygen atoms in total. The van der Waals surface area contributed by atoms with Gasteiger partial charge in [0.15, 0.2) is 0 Å². The van der Waals surface area contributed by atoms with E-state index in [-0.39, 0.29) is 12.0 Å². The average molecular weight is 361 g/mol. The topological polar surface area (TPSA) is 62.0 Å². The van der Waals surface area contributed by atoms with Crippen LogP contribution in [-0.2, 0) is 4.79 Å². The van der Waals surface area contributed by atoms with Crippen molar-refractivity contribution in [3.05, 3.63) is 24.3 Å². The van der Waals surface area contributed by atoms with Gasteiger partial charge in [0.05, 0.1) is 5.69 Å². The third-order valence-corrected chi connectivity index (χ3v) is 5.42. The van der Waals surface area contributed by atoms with Crippen LogP contribution in [0.5, 0.6) is 5.75 Å². The van der Waals surface area contributed by atoms with E-state index in [0.717, 1.165) is 63.4 Å². The van der Waals surface area contributed by atoms with Gasteiger partial charge < -0.3 is 25.2 Å². The van der Waals surface area contributed by atoms with Gasteiger partial charge in [0, 0.05) is 44.7 Å². The number of piperazine rings is 1.